The second-order valence-corrected chi connectivity index (χ2v) is 8.92. The molecule has 0 aliphatic carbocycles. The van der Waals surface area contributed by atoms with Gasteiger partial charge >= 0.3 is 0 Å². The van der Waals surface area contributed by atoms with Gasteiger partial charge in [0.15, 0.2) is 0 Å². The Morgan fingerprint density at radius 2 is 2.00 bits per heavy atom. The zero-order valence-electron chi connectivity index (χ0n) is 13.4. The van der Waals surface area contributed by atoms with Crippen LogP contribution < -0.4 is 0 Å². The Labute approximate surface area is 128 Å². The molecule has 6 heteroatoms. The third kappa shape index (κ3) is 3.67. The standard InChI is InChI=1S/C15H28N2O3S/c1-15(2,3)13-7-10-16(11-8-13)21(19,20)17-9-5-4-6-14(17)12-18/h7,14,18H,4-6,8-12H2,1-3H3. The van der Waals surface area contributed by atoms with Gasteiger partial charge in [0.25, 0.3) is 10.2 Å². The summed E-state index contributed by atoms with van der Waals surface area (Å²) in [6.45, 7) is 7.92. The van der Waals surface area contributed by atoms with Crippen molar-refractivity contribution in [2.45, 2.75) is 52.5 Å². The fourth-order valence-corrected chi connectivity index (χ4v) is 4.94. The van der Waals surface area contributed by atoms with E-state index in [1.54, 1.807) is 4.31 Å². The summed E-state index contributed by atoms with van der Waals surface area (Å²) in [6, 6.07) is -0.253. The van der Waals surface area contributed by atoms with E-state index in [0.29, 0.717) is 19.6 Å². The normalized spacial score (nSPS) is 26.7. The van der Waals surface area contributed by atoms with Gasteiger partial charge in [-0.05, 0) is 24.7 Å². The average Bonchev–Trinajstić information content (AvgIpc) is 2.46. The molecule has 1 unspecified atom stereocenters. The Morgan fingerprint density at radius 3 is 2.52 bits per heavy atom. The summed E-state index contributed by atoms with van der Waals surface area (Å²) in [4.78, 5) is 0. The van der Waals surface area contributed by atoms with E-state index in [2.05, 4.69) is 26.8 Å². The first kappa shape index (κ1) is 16.9. The van der Waals surface area contributed by atoms with Gasteiger partial charge in [-0.1, -0.05) is 38.8 Å². The number of nitrogens with zero attached hydrogens (tertiary/aromatic N) is 2. The molecule has 0 aromatic heterocycles. The first-order valence-electron chi connectivity index (χ1n) is 7.84. The van der Waals surface area contributed by atoms with Crippen molar-refractivity contribution in [3.05, 3.63) is 11.6 Å². The fraction of sp³-hybridized carbons (Fsp3) is 0.867. The Morgan fingerprint density at radius 1 is 1.29 bits per heavy atom. The van der Waals surface area contributed by atoms with Crippen LogP contribution in [-0.4, -0.2) is 54.4 Å². The third-order valence-corrected chi connectivity index (χ3v) is 6.60. The Bertz CT molecular complexity index is 494. The molecule has 0 spiro atoms. The molecule has 0 bridgehead atoms. The molecular weight excluding hydrogens is 288 g/mol. The molecule has 2 rings (SSSR count). The van der Waals surface area contributed by atoms with Crippen molar-refractivity contribution in [3.63, 3.8) is 0 Å². The Hall–Kier alpha value is -0.430. The molecule has 0 aromatic carbocycles. The van der Waals surface area contributed by atoms with E-state index in [1.807, 2.05) is 0 Å². The van der Waals surface area contributed by atoms with Crippen LogP contribution in [0.25, 0.3) is 0 Å². The molecular formula is C15H28N2O3S. The van der Waals surface area contributed by atoms with Crippen LogP contribution in [0, 0.1) is 5.41 Å². The summed E-state index contributed by atoms with van der Waals surface area (Å²) < 4.78 is 28.6. The minimum absolute atomic E-state index is 0.0872. The molecule has 122 valence electrons. The van der Waals surface area contributed by atoms with E-state index >= 15 is 0 Å². The lowest BCUT2D eigenvalue weighted by atomic mass is 9.83. The third-order valence-electron chi connectivity index (χ3n) is 4.54. The molecule has 21 heavy (non-hydrogen) atoms. The summed E-state index contributed by atoms with van der Waals surface area (Å²) >= 11 is 0. The lowest BCUT2D eigenvalue weighted by molar-refractivity contribution is 0.148. The average molecular weight is 316 g/mol. The molecule has 1 saturated heterocycles. The van der Waals surface area contributed by atoms with Crippen molar-refractivity contribution in [1.82, 2.24) is 8.61 Å². The molecule has 5 nitrogen and oxygen atoms in total. The van der Waals surface area contributed by atoms with Crippen molar-refractivity contribution in [2.75, 3.05) is 26.2 Å². The maximum atomic E-state index is 12.8. The second-order valence-electron chi connectivity index (χ2n) is 7.04. The predicted molar refractivity (Wildman–Crippen MR) is 84.1 cm³/mol. The van der Waals surface area contributed by atoms with E-state index in [9.17, 15) is 13.5 Å². The lowest BCUT2D eigenvalue weighted by Crippen LogP contribution is -2.52. The van der Waals surface area contributed by atoms with Crippen LogP contribution in [0.15, 0.2) is 11.6 Å². The van der Waals surface area contributed by atoms with Gasteiger partial charge in [0.05, 0.1) is 6.61 Å². The molecule has 0 aromatic rings. The molecule has 2 aliphatic rings. The molecule has 0 radical (unpaired) electrons. The van der Waals surface area contributed by atoms with Crippen LogP contribution in [0.2, 0.25) is 0 Å². The number of hydrogen-bond acceptors (Lipinski definition) is 3. The molecule has 1 atom stereocenters. The zero-order chi connectivity index (χ0) is 15.7. The molecule has 2 aliphatic heterocycles. The summed E-state index contributed by atoms with van der Waals surface area (Å²) in [5, 5.41) is 9.44. The Balaban J connectivity index is 2.12. The molecule has 1 fully saturated rings. The molecule has 0 saturated carbocycles. The van der Waals surface area contributed by atoms with Crippen LogP contribution in [0.1, 0.15) is 46.5 Å². The quantitative estimate of drug-likeness (QED) is 0.807. The summed E-state index contributed by atoms with van der Waals surface area (Å²) in [7, 11) is -3.45. The zero-order valence-corrected chi connectivity index (χ0v) is 14.2. The van der Waals surface area contributed by atoms with Crippen LogP contribution >= 0.6 is 0 Å². The van der Waals surface area contributed by atoms with Crippen LogP contribution in [0.4, 0.5) is 0 Å². The van der Waals surface area contributed by atoms with Gasteiger partial charge in [-0.15, -0.1) is 0 Å². The van der Waals surface area contributed by atoms with Crippen LogP contribution in [0.3, 0.4) is 0 Å². The van der Waals surface area contributed by atoms with Crippen molar-refractivity contribution < 1.29 is 13.5 Å². The van der Waals surface area contributed by atoms with Gasteiger partial charge in [-0.25, -0.2) is 0 Å². The molecule has 1 N–H and O–H groups in total. The number of rotatable bonds is 3. The monoisotopic (exact) mass is 316 g/mol. The van der Waals surface area contributed by atoms with Crippen LogP contribution in [0.5, 0.6) is 0 Å². The Kier molecular flexibility index (Phi) is 5.13. The smallest absolute Gasteiger partial charge is 0.282 e. The van der Waals surface area contributed by atoms with Gasteiger partial charge in [0.1, 0.15) is 0 Å². The van der Waals surface area contributed by atoms with Gasteiger partial charge in [0.2, 0.25) is 0 Å². The first-order valence-corrected chi connectivity index (χ1v) is 9.24. The van der Waals surface area contributed by atoms with Crippen molar-refractivity contribution >= 4 is 10.2 Å². The molecule has 0 amide bonds. The van der Waals surface area contributed by atoms with Crippen molar-refractivity contribution in [3.8, 4) is 0 Å². The van der Waals surface area contributed by atoms with Gasteiger partial charge in [-0.3, -0.25) is 0 Å². The topological polar surface area (TPSA) is 60.9 Å². The maximum absolute atomic E-state index is 12.8. The lowest BCUT2D eigenvalue weighted by Gasteiger charge is -2.39. The van der Waals surface area contributed by atoms with Crippen molar-refractivity contribution in [1.29, 1.82) is 0 Å². The summed E-state index contributed by atoms with van der Waals surface area (Å²) in [5.41, 5.74) is 1.43. The fourth-order valence-electron chi connectivity index (χ4n) is 3.15. The van der Waals surface area contributed by atoms with E-state index in [1.165, 1.54) is 9.88 Å². The van der Waals surface area contributed by atoms with Gasteiger partial charge in [0, 0.05) is 25.7 Å². The second kappa shape index (κ2) is 6.36. The van der Waals surface area contributed by atoms with E-state index < -0.39 is 10.2 Å². The number of hydrogen-bond donors (Lipinski definition) is 1. The van der Waals surface area contributed by atoms with Crippen LogP contribution in [-0.2, 0) is 10.2 Å². The SMILES string of the molecule is CC(C)(C)C1=CCN(S(=O)(=O)N2CCCCC2CO)CC1. The predicted octanol–water partition coefficient (Wildman–Crippen LogP) is 1.76. The number of aliphatic hydroxyl groups is 1. The molecule has 2 heterocycles. The van der Waals surface area contributed by atoms with Gasteiger partial charge < -0.3 is 5.11 Å². The van der Waals surface area contributed by atoms with E-state index in [-0.39, 0.29) is 18.1 Å². The summed E-state index contributed by atoms with van der Waals surface area (Å²) in [5.74, 6) is 0. The highest BCUT2D eigenvalue weighted by molar-refractivity contribution is 7.86. The minimum atomic E-state index is -3.45. The summed E-state index contributed by atoms with van der Waals surface area (Å²) in [6.07, 6.45) is 5.48. The van der Waals surface area contributed by atoms with E-state index in [4.69, 9.17) is 0 Å². The van der Waals surface area contributed by atoms with Crippen molar-refractivity contribution in [2.24, 2.45) is 5.41 Å². The number of piperidine rings is 1. The van der Waals surface area contributed by atoms with E-state index in [0.717, 1.165) is 25.7 Å². The number of aliphatic hydroxyl groups excluding tert-OH is 1. The highest BCUT2D eigenvalue weighted by Crippen LogP contribution is 2.32. The van der Waals surface area contributed by atoms with Gasteiger partial charge in [-0.2, -0.15) is 17.0 Å². The highest BCUT2D eigenvalue weighted by atomic mass is 32.2. The highest BCUT2D eigenvalue weighted by Gasteiger charge is 2.37. The minimum Gasteiger partial charge on any atom is -0.395 e. The largest absolute Gasteiger partial charge is 0.395 e. The maximum Gasteiger partial charge on any atom is 0.282 e. The first-order chi connectivity index (χ1) is 9.76.